The minimum atomic E-state index is 0.0408. The van der Waals surface area contributed by atoms with Crippen molar-refractivity contribution in [2.24, 2.45) is 0 Å². The van der Waals surface area contributed by atoms with E-state index in [0.717, 1.165) is 37.6 Å². The van der Waals surface area contributed by atoms with Gasteiger partial charge in [-0.2, -0.15) is 0 Å². The van der Waals surface area contributed by atoms with Gasteiger partial charge in [0.2, 0.25) is 5.91 Å². The molecule has 0 unspecified atom stereocenters. The Labute approximate surface area is 148 Å². The second-order valence-corrected chi connectivity index (χ2v) is 6.49. The van der Waals surface area contributed by atoms with Gasteiger partial charge in [-0.25, -0.2) is 0 Å². The molecule has 3 rings (SSSR count). The van der Waals surface area contributed by atoms with Crippen molar-refractivity contribution < 1.29 is 4.79 Å². The second-order valence-electron chi connectivity index (χ2n) is 6.49. The quantitative estimate of drug-likeness (QED) is 0.830. The fraction of sp³-hybridized carbons (Fsp3) is 0.316. The number of rotatable bonds is 4. The number of carbonyl (C=O) groups excluding carboxylic acids is 1. The standard InChI is InChI=1S/C19H25N5O/c1-22-10-12-23(13-11-22)14-19(25)24(17-6-2-15(20)3-7-17)18-8-4-16(21)5-9-18/h2-9H,10-14,20-21H2,1H3. The van der Waals surface area contributed by atoms with E-state index in [4.69, 9.17) is 11.5 Å². The SMILES string of the molecule is CN1CCN(CC(=O)N(c2ccc(N)cc2)c2ccc(N)cc2)CC1. The first-order valence-electron chi connectivity index (χ1n) is 8.48. The Morgan fingerprint density at radius 2 is 1.32 bits per heavy atom. The molecule has 2 aromatic rings. The molecule has 1 saturated heterocycles. The summed E-state index contributed by atoms with van der Waals surface area (Å²) in [6, 6.07) is 14.7. The van der Waals surface area contributed by atoms with Crippen LogP contribution in [-0.4, -0.2) is 55.5 Å². The number of benzene rings is 2. The molecular weight excluding hydrogens is 314 g/mol. The number of hydrogen-bond donors (Lipinski definition) is 2. The molecule has 1 fully saturated rings. The van der Waals surface area contributed by atoms with Crippen LogP contribution in [0.25, 0.3) is 0 Å². The molecule has 0 aromatic heterocycles. The molecule has 0 aliphatic carbocycles. The molecule has 25 heavy (non-hydrogen) atoms. The lowest BCUT2D eigenvalue weighted by Gasteiger charge is -2.33. The van der Waals surface area contributed by atoms with E-state index >= 15 is 0 Å². The van der Waals surface area contributed by atoms with E-state index in [9.17, 15) is 4.79 Å². The van der Waals surface area contributed by atoms with Crippen molar-refractivity contribution >= 4 is 28.7 Å². The zero-order chi connectivity index (χ0) is 17.8. The van der Waals surface area contributed by atoms with Crippen LogP contribution in [0, 0.1) is 0 Å². The summed E-state index contributed by atoms with van der Waals surface area (Å²) in [6.45, 7) is 4.16. The number of nitrogens with zero attached hydrogens (tertiary/aromatic N) is 3. The van der Waals surface area contributed by atoms with Gasteiger partial charge in [-0.1, -0.05) is 0 Å². The molecule has 1 heterocycles. The summed E-state index contributed by atoms with van der Waals surface area (Å²) in [7, 11) is 2.11. The van der Waals surface area contributed by atoms with Gasteiger partial charge in [0.05, 0.1) is 6.54 Å². The Hall–Kier alpha value is -2.57. The molecule has 0 radical (unpaired) electrons. The predicted octanol–water partition coefficient (Wildman–Crippen LogP) is 1.76. The van der Waals surface area contributed by atoms with Gasteiger partial charge in [0.1, 0.15) is 0 Å². The fourth-order valence-corrected chi connectivity index (χ4v) is 2.95. The van der Waals surface area contributed by atoms with Crippen LogP contribution in [0.15, 0.2) is 48.5 Å². The highest BCUT2D eigenvalue weighted by atomic mass is 16.2. The number of nitrogens with two attached hydrogens (primary N) is 2. The lowest BCUT2D eigenvalue weighted by molar-refractivity contribution is -0.119. The van der Waals surface area contributed by atoms with Gasteiger partial charge in [-0.15, -0.1) is 0 Å². The van der Waals surface area contributed by atoms with Gasteiger partial charge in [-0.3, -0.25) is 14.6 Å². The number of piperazine rings is 1. The maximum Gasteiger partial charge on any atom is 0.245 e. The van der Waals surface area contributed by atoms with Crippen LogP contribution in [0.1, 0.15) is 0 Å². The van der Waals surface area contributed by atoms with E-state index in [0.29, 0.717) is 17.9 Å². The van der Waals surface area contributed by atoms with E-state index in [1.165, 1.54) is 0 Å². The van der Waals surface area contributed by atoms with Gasteiger partial charge in [0.25, 0.3) is 0 Å². The first kappa shape index (κ1) is 17.3. The third kappa shape index (κ3) is 4.29. The van der Waals surface area contributed by atoms with Gasteiger partial charge >= 0.3 is 0 Å². The zero-order valence-corrected chi connectivity index (χ0v) is 14.6. The number of anilines is 4. The topological polar surface area (TPSA) is 78.8 Å². The number of carbonyl (C=O) groups is 1. The Bertz CT molecular complexity index is 660. The van der Waals surface area contributed by atoms with E-state index in [-0.39, 0.29) is 5.91 Å². The van der Waals surface area contributed by atoms with Crippen molar-refractivity contribution in [2.75, 3.05) is 56.1 Å². The minimum absolute atomic E-state index is 0.0408. The van der Waals surface area contributed by atoms with Crippen molar-refractivity contribution in [3.05, 3.63) is 48.5 Å². The van der Waals surface area contributed by atoms with Crippen molar-refractivity contribution in [2.45, 2.75) is 0 Å². The fourth-order valence-electron chi connectivity index (χ4n) is 2.95. The molecule has 1 amide bonds. The normalized spacial score (nSPS) is 15.9. The van der Waals surface area contributed by atoms with Crippen LogP contribution >= 0.6 is 0 Å². The highest BCUT2D eigenvalue weighted by molar-refractivity contribution is 6.01. The summed E-state index contributed by atoms with van der Waals surface area (Å²) in [5.41, 5.74) is 14.5. The molecule has 0 spiro atoms. The predicted molar refractivity (Wildman–Crippen MR) is 103 cm³/mol. The highest BCUT2D eigenvalue weighted by Gasteiger charge is 2.22. The zero-order valence-electron chi connectivity index (χ0n) is 14.6. The van der Waals surface area contributed by atoms with Crippen LogP contribution in [0.2, 0.25) is 0 Å². The van der Waals surface area contributed by atoms with Crippen LogP contribution in [0.5, 0.6) is 0 Å². The average Bonchev–Trinajstić information content (AvgIpc) is 2.60. The number of nitrogen functional groups attached to an aromatic ring is 2. The second kappa shape index (κ2) is 7.55. The Balaban J connectivity index is 1.83. The Kier molecular flexibility index (Phi) is 5.21. The van der Waals surface area contributed by atoms with E-state index in [2.05, 4.69) is 16.8 Å². The molecule has 4 N–H and O–H groups in total. The van der Waals surface area contributed by atoms with Crippen LogP contribution in [0.3, 0.4) is 0 Å². The smallest absolute Gasteiger partial charge is 0.245 e. The molecule has 0 saturated carbocycles. The largest absolute Gasteiger partial charge is 0.399 e. The molecule has 6 heteroatoms. The van der Waals surface area contributed by atoms with E-state index < -0.39 is 0 Å². The molecule has 6 nitrogen and oxygen atoms in total. The van der Waals surface area contributed by atoms with Crippen molar-refractivity contribution in [1.29, 1.82) is 0 Å². The lowest BCUT2D eigenvalue weighted by atomic mass is 10.2. The molecule has 0 atom stereocenters. The summed E-state index contributed by atoms with van der Waals surface area (Å²) in [6.07, 6.45) is 0. The summed E-state index contributed by atoms with van der Waals surface area (Å²) in [5.74, 6) is 0.0408. The van der Waals surface area contributed by atoms with Gasteiger partial charge in [-0.05, 0) is 55.6 Å². The summed E-state index contributed by atoms with van der Waals surface area (Å²) >= 11 is 0. The maximum atomic E-state index is 13.1. The van der Waals surface area contributed by atoms with Crippen LogP contribution in [0.4, 0.5) is 22.7 Å². The molecule has 2 aromatic carbocycles. The molecule has 0 bridgehead atoms. The Morgan fingerprint density at radius 3 is 1.76 bits per heavy atom. The minimum Gasteiger partial charge on any atom is -0.399 e. The average molecular weight is 339 g/mol. The first-order chi connectivity index (χ1) is 12.0. The monoisotopic (exact) mass is 339 g/mol. The van der Waals surface area contributed by atoms with Gasteiger partial charge in [0, 0.05) is 48.9 Å². The molecule has 1 aliphatic rings. The molecular formula is C19H25N5O. The summed E-state index contributed by atoms with van der Waals surface area (Å²) < 4.78 is 0. The third-order valence-electron chi connectivity index (χ3n) is 4.51. The third-order valence-corrected chi connectivity index (χ3v) is 4.51. The van der Waals surface area contributed by atoms with E-state index in [1.54, 1.807) is 4.90 Å². The summed E-state index contributed by atoms with van der Waals surface area (Å²) in [4.78, 5) is 19.3. The van der Waals surface area contributed by atoms with Crippen molar-refractivity contribution in [3.63, 3.8) is 0 Å². The highest BCUT2D eigenvalue weighted by Crippen LogP contribution is 2.27. The number of amides is 1. The van der Waals surface area contributed by atoms with Crippen LogP contribution in [-0.2, 0) is 4.79 Å². The molecule has 1 aliphatic heterocycles. The first-order valence-corrected chi connectivity index (χ1v) is 8.48. The number of likely N-dealkylation sites (N-methyl/N-ethyl adjacent to an activating group) is 1. The van der Waals surface area contributed by atoms with Gasteiger partial charge in [0.15, 0.2) is 0 Å². The molecule has 132 valence electrons. The van der Waals surface area contributed by atoms with Gasteiger partial charge < -0.3 is 16.4 Å². The maximum absolute atomic E-state index is 13.1. The number of hydrogen-bond acceptors (Lipinski definition) is 5. The summed E-state index contributed by atoms with van der Waals surface area (Å²) in [5, 5.41) is 0. The Morgan fingerprint density at radius 1 is 0.880 bits per heavy atom. The van der Waals surface area contributed by atoms with Crippen molar-refractivity contribution in [1.82, 2.24) is 9.80 Å². The van der Waals surface area contributed by atoms with E-state index in [1.807, 2.05) is 48.5 Å². The van der Waals surface area contributed by atoms with Crippen molar-refractivity contribution in [3.8, 4) is 0 Å². The lowest BCUT2D eigenvalue weighted by Crippen LogP contribution is -2.48. The van der Waals surface area contributed by atoms with Crippen LogP contribution < -0.4 is 16.4 Å².